The van der Waals surface area contributed by atoms with Crippen LogP contribution in [0.3, 0.4) is 0 Å². The molecule has 21 heavy (non-hydrogen) atoms. The van der Waals surface area contributed by atoms with E-state index in [0.717, 1.165) is 22.7 Å². The van der Waals surface area contributed by atoms with Crippen molar-refractivity contribution in [3.63, 3.8) is 0 Å². The van der Waals surface area contributed by atoms with Gasteiger partial charge in [-0.05, 0) is 53.6 Å². The maximum atomic E-state index is 5.13. The van der Waals surface area contributed by atoms with E-state index in [4.69, 9.17) is 4.74 Å². The van der Waals surface area contributed by atoms with E-state index < -0.39 is 0 Å². The van der Waals surface area contributed by atoms with Crippen molar-refractivity contribution in [1.82, 2.24) is 0 Å². The van der Waals surface area contributed by atoms with Gasteiger partial charge in [-0.2, -0.15) is 10.2 Å². The Kier molecular flexibility index (Phi) is 3.65. The Labute approximate surface area is 123 Å². The van der Waals surface area contributed by atoms with Crippen molar-refractivity contribution in [3.8, 4) is 5.75 Å². The molecule has 0 aliphatic rings. The van der Waals surface area contributed by atoms with Crippen molar-refractivity contribution in [2.75, 3.05) is 7.11 Å². The number of methoxy groups -OCH3 is 1. The minimum absolute atomic E-state index is 0.809. The summed E-state index contributed by atoms with van der Waals surface area (Å²) in [7, 11) is 1.65. The van der Waals surface area contributed by atoms with Gasteiger partial charge in [0.2, 0.25) is 0 Å². The minimum Gasteiger partial charge on any atom is -0.497 e. The third-order valence-electron chi connectivity index (χ3n) is 3.52. The molecule has 3 aromatic carbocycles. The number of azo groups is 1. The molecule has 0 N–H and O–H groups in total. The first-order chi connectivity index (χ1) is 10.3. The van der Waals surface area contributed by atoms with Crippen LogP contribution in [0, 0.1) is 6.92 Å². The molecule has 0 atom stereocenters. The van der Waals surface area contributed by atoms with Crippen molar-refractivity contribution in [2.24, 2.45) is 10.2 Å². The molecule has 0 bridgehead atoms. The fourth-order valence-electron chi connectivity index (χ4n) is 2.28. The van der Waals surface area contributed by atoms with Gasteiger partial charge in [0.1, 0.15) is 5.75 Å². The highest BCUT2D eigenvalue weighted by molar-refractivity contribution is 5.89. The fourth-order valence-corrected chi connectivity index (χ4v) is 2.28. The highest BCUT2D eigenvalue weighted by atomic mass is 16.5. The van der Waals surface area contributed by atoms with Crippen LogP contribution in [0.1, 0.15) is 5.56 Å². The van der Waals surface area contributed by atoms with Crippen LogP contribution in [0.5, 0.6) is 5.75 Å². The van der Waals surface area contributed by atoms with Crippen molar-refractivity contribution >= 4 is 22.1 Å². The Morgan fingerprint density at radius 1 is 0.810 bits per heavy atom. The first kappa shape index (κ1) is 13.3. The molecule has 0 spiro atoms. The molecule has 0 saturated heterocycles. The third-order valence-corrected chi connectivity index (χ3v) is 3.52. The Bertz CT molecular complexity index is 792. The normalized spacial score (nSPS) is 11.1. The second-order valence-corrected chi connectivity index (χ2v) is 4.83. The number of benzene rings is 3. The average Bonchev–Trinajstić information content (AvgIpc) is 2.55. The highest BCUT2D eigenvalue weighted by Crippen LogP contribution is 2.29. The molecule has 0 heterocycles. The average molecular weight is 276 g/mol. The predicted octanol–water partition coefficient (Wildman–Crippen LogP) is 5.57. The first-order valence-corrected chi connectivity index (χ1v) is 6.82. The number of fused-ring (bicyclic) bond motifs is 1. The van der Waals surface area contributed by atoms with Gasteiger partial charge in [0.15, 0.2) is 0 Å². The van der Waals surface area contributed by atoms with E-state index in [-0.39, 0.29) is 0 Å². The molecular formula is C18H16N2O. The molecular weight excluding hydrogens is 260 g/mol. The molecule has 0 fully saturated rings. The van der Waals surface area contributed by atoms with Crippen LogP contribution in [0.4, 0.5) is 11.4 Å². The predicted molar refractivity (Wildman–Crippen MR) is 85.9 cm³/mol. The number of nitrogens with zero attached hydrogens (tertiary/aromatic N) is 2. The van der Waals surface area contributed by atoms with E-state index in [1.54, 1.807) is 7.11 Å². The maximum absolute atomic E-state index is 5.13. The van der Waals surface area contributed by atoms with E-state index in [2.05, 4.69) is 35.4 Å². The van der Waals surface area contributed by atoms with E-state index in [0.29, 0.717) is 0 Å². The minimum atomic E-state index is 0.809. The van der Waals surface area contributed by atoms with Crippen LogP contribution in [0.2, 0.25) is 0 Å². The number of rotatable bonds is 3. The molecule has 0 unspecified atom stereocenters. The maximum Gasteiger partial charge on any atom is 0.119 e. The summed E-state index contributed by atoms with van der Waals surface area (Å²) in [5.41, 5.74) is 2.85. The molecule has 0 aliphatic carbocycles. The van der Waals surface area contributed by atoms with Crippen molar-refractivity contribution < 1.29 is 4.74 Å². The van der Waals surface area contributed by atoms with Crippen LogP contribution < -0.4 is 4.74 Å². The number of aryl methyl sites for hydroxylation is 1. The quantitative estimate of drug-likeness (QED) is 0.575. The standard InChI is InChI=1S/C18H16N2O/c1-13-17-6-4-3-5-14(17)7-12-18(13)20-19-15-8-10-16(21-2)11-9-15/h3-12H,1-2H3. The summed E-state index contributed by atoms with van der Waals surface area (Å²) >= 11 is 0. The Morgan fingerprint density at radius 3 is 2.33 bits per heavy atom. The van der Waals surface area contributed by atoms with Crippen LogP contribution in [0.15, 0.2) is 70.9 Å². The van der Waals surface area contributed by atoms with E-state index in [9.17, 15) is 0 Å². The number of ether oxygens (including phenoxy) is 1. The van der Waals surface area contributed by atoms with E-state index in [1.807, 2.05) is 42.5 Å². The molecule has 104 valence electrons. The van der Waals surface area contributed by atoms with Crippen LogP contribution in [0.25, 0.3) is 10.8 Å². The lowest BCUT2D eigenvalue weighted by Crippen LogP contribution is -1.80. The first-order valence-electron chi connectivity index (χ1n) is 6.82. The number of hydrogen-bond acceptors (Lipinski definition) is 3. The molecule has 3 heteroatoms. The molecule has 0 amide bonds. The zero-order chi connectivity index (χ0) is 14.7. The molecule has 3 aromatic rings. The van der Waals surface area contributed by atoms with Gasteiger partial charge in [0, 0.05) is 0 Å². The van der Waals surface area contributed by atoms with Gasteiger partial charge in [0.05, 0.1) is 18.5 Å². The van der Waals surface area contributed by atoms with Gasteiger partial charge in [0.25, 0.3) is 0 Å². The van der Waals surface area contributed by atoms with Gasteiger partial charge in [-0.25, -0.2) is 0 Å². The largest absolute Gasteiger partial charge is 0.497 e. The van der Waals surface area contributed by atoms with Crippen molar-refractivity contribution in [3.05, 3.63) is 66.2 Å². The van der Waals surface area contributed by atoms with Crippen LogP contribution in [-0.4, -0.2) is 7.11 Å². The molecule has 3 nitrogen and oxygen atoms in total. The molecule has 0 saturated carbocycles. The summed E-state index contributed by atoms with van der Waals surface area (Å²) in [5.74, 6) is 0.816. The highest BCUT2D eigenvalue weighted by Gasteiger charge is 2.02. The van der Waals surface area contributed by atoms with Gasteiger partial charge < -0.3 is 4.74 Å². The van der Waals surface area contributed by atoms with Gasteiger partial charge in [-0.3, -0.25) is 0 Å². The van der Waals surface area contributed by atoms with Gasteiger partial charge in [-0.15, -0.1) is 0 Å². The lowest BCUT2D eigenvalue weighted by atomic mass is 10.0. The lowest BCUT2D eigenvalue weighted by Gasteiger charge is -2.04. The summed E-state index contributed by atoms with van der Waals surface area (Å²) in [4.78, 5) is 0. The van der Waals surface area contributed by atoms with Gasteiger partial charge >= 0.3 is 0 Å². The van der Waals surface area contributed by atoms with Crippen LogP contribution in [-0.2, 0) is 0 Å². The Balaban J connectivity index is 1.93. The molecule has 0 aromatic heterocycles. The SMILES string of the molecule is COc1ccc(N=Nc2ccc3ccccc3c2C)cc1. The summed E-state index contributed by atoms with van der Waals surface area (Å²) in [6, 6.07) is 19.9. The van der Waals surface area contributed by atoms with Crippen molar-refractivity contribution in [2.45, 2.75) is 6.92 Å². The molecule has 3 rings (SSSR count). The summed E-state index contributed by atoms with van der Waals surface area (Å²) in [6.07, 6.45) is 0. The Hall–Kier alpha value is -2.68. The molecule has 0 aliphatic heterocycles. The fraction of sp³-hybridized carbons (Fsp3) is 0.111. The third kappa shape index (κ3) is 2.77. The summed E-state index contributed by atoms with van der Waals surface area (Å²) in [5, 5.41) is 11.1. The second-order valence-electron chi connectivity index (χ2n) is 4.83. The smallest absolute Gasteiger partial charge is 0.119 e. The number of hydrogen-bond donors (Lipinski definition) is 0. The van der Waals surface area contributed by atoms with Gasteiger partial charge in [-0.1, -0.05) is 30.3 Å². The Morgan fingerprint density at radius 2 is 1.57 bits per heavy atom. The van der Waals surface area contributed by atoms with E-state index in [1.165, 1.54) is 10.8 Å². The van der Waals surface area contributed by atoms with Crippen LogP contribution >= 0.6 is 0 Å². The lowest BCUT2D eigenvalue weighted by molar-refractivity contribution is 0.415. The zero-order valence-electron chi connectivity index (χ0n) is 12.1. The topological polar surface area (TPSA) is 34.0 Å². The van der Waals surface area contributed by atoms with E-state index >= 15 is 0 Å². The monoisotopic (exact) mass is 276 g/mol. The summed E-state index contributed by atoms with van der Waals surface area (Å²) < 4.78 is 5.13. The van der Waals surface area contributed by atoms with Crippen molar-refractivity contribution in [1.29, 1.82) is 0 Å². The zero-order valence-corrected chi connectivity index (χ0v) is 12.1. The second kappa shape index (κ2) is 5.75. The molecule has 0 radical (unpaired) electrons. The summed E-state index contributed by atoms with van der Waals surface area (Å²) in [6.45, 7) is 2.07.